The number of benzene rings is 1. The maximum absolute atomic E-state index is 12.9. The SMILES string of the molecule is Nc1cc2c(c3c1C(=O)N(C1CCC(=O)NC1=O)C3=O)CNCC2. The molecule has 3 heterocycles. The van der Waals surface area contributed by atoms with Crippen LogP contribution in [-0.4, -0.2) is 41.1 Å². The molecule has 1 saturated heterocycles. The number of nitrogen functional groups attached to an aromatic ring is 1. The van der Waals surface area contributed by atoms with Gasteiger partial charge in [-0.2, -0.15) is 0 Å². The quantitative estimate of drug-likeness (QED) is 0.464. The van der Waals surface area contributed by atoms with Gasteiger partial charge < -0.3 is 11.1 Å². The van der Waals surface area contributed by atoms with Crippen LogP contribution < -0.4 is 16.4 Å². The van der Waals surface area contributed by atoms with Crippen molar-refractivity contribution in [2.24, 2.45) is 0 Å². The summed E-state index contributed by atoms with van der Waals surface area (Å²) in [4.78, 5) is 50.0. The number of hydrogen-bond donors (Lipinski definition) is 3. The molecule has 1 aromatic rings. The van der Waals surface area contributed by atoms with Gasteiger partial charge in [0.2, 0.25) is 11.8 Å². The van der Waals surface area contributed by atoms with E-state index in [4.69, 9.17) is 5.73 Å². The van der Waals surface area contributed by atoms with Crippen molar-refractivity contribution in [2.45, 2.75) is 31.8 Å². The minimum Gasteiger partial charge on any atom is -0.398 e. The largest absolute Gasteiger partial charge is 0.398 e. The molecule has 4 N–H and O–H groups in total. The third-order valence-electron chi connectivity index (χ3n) is 4.82. The van der Waals surface area contributed by atoms with E-state index in [-0.39, 0.29) is 24.1 Å². The smallest absolute Gasteiger partial charge is 0.264 e. The standard InChI is InChI=1S/C16H16N4O4/c17-9-5-7-3-4-18-6-8(7)12-13(9)16(24)20(15(12)23)10-1-2-11(21)19-14(10)22/h5,10,18H,1-4,6,17H2,(H,19,21,22). The molecule has 0 bridgehead atoms. The predicted octanol–water partition coefficient (Wildman–Crippen LogP) is -0.684. The number of carbonyl (C=O) groups excluding carboxylic acids is 4. The molecular formula is C16H16N4O4. The van der Waals surface area contributed by atoms with E-state index >= 15 is 0 Å². The van der Waals surface area contributed by atoms with Crippen molar-refractivity contribution in [1.29, 1.82) is 0 Å². The van der Waals surface area contributed by atoms with Crippen LogP contribution in [0.3, 0.4) is 0 Å². The summed E-state index contributed by atoms with van der Waals surface area (Å²) in [6.45, 7) is 1.27. The summed E-state index contributed by atoms with van der Waals surface area (Å²) in [5, 5.41) is 5.37. The number of fused-ring (bicyclic) bond motifs is 3. The van der Waals surface area contributed by atoms with Crippen molar-refractivity contribution < 1.29 is 19.2 Å². The van der Waals surface area contributed by atoms with Gasteiger partial charge >= 0.3 is 0 Å². The molecule has 124 valence electrons. The Morgan fingerprint density at radius 2 is 1.83 bits per heavy atom. The fourth-order valence-electron chi connectivity index (χ4n) is 3.68. The lowest BCUT2D eigenvalue weighted by Crippen LogP contribution is -2.54. The number of imide groups is 2. The van der Waals surface area contributed by atoms with E-state index in [1.807, 2.05) is 0 Å². The maximum Gasteiger partial charge on any atom is 0.264 e. The van der Waals surface area contributed by atoms with E-state index < -0.39 is 29.7 Å². The molecule has 0 saturated carbocycles. The second-order valence-corrected chi connectivity index (χ2v) is 6.23. The van der Waals surface area contributed by atoms with Crippen LogP contribution in [0.4, 0.5) is 5.69 Å². The Balaban J connectivity index is 1.80. The Labute approximate surface area is 137 Å². The van der Waals surface area contributed by atoms with Gasteiger partial charge in [0.15, 0.2) is 0 Å². The Bertz CT molecular complexity index is 817. The van der Waals surface area contributed by atoms with Crippen LogP contribution in [0.5, 0.6) is 0 Å². The summed E-state index contributed by atoms with van der Waals surface area (Å²) in [6.07, 6.45) is 0.960. The molecule has 0 aliphatic carbocycles. The van der Waals surface area contributed by atoms with E-state index in [0.717, 1.165) is 29.0 Å². The van der Waals surface area contributed by atoms with Crippen molar-refractivity contribution in [1.82, 2.24) is 15.5 Å². The van der Waals surface area contributed by atoms with E-state index in [9.17, 15) is 19.2 Å². The normalized spacial score (nSPS) is 23.2. The van der Waals surface area contributed by atoms with E-state index in [0.29, 0.717) is 12.1 Å². The van der Waals surface area contributed by atoms with Crippen LogP contribution in [0.1, 0.15) is 44.7 Å². The molecular weight excluding hydrogens is 312 g/mol. The molecule has 0 radical (unpaired) electrons. The fourth-order valence-corrected chi connectivity index (χ4v) is 3.68. The van der Waals surface area contributed by atoms with Crippen molar-refractivity contribution in [3.8, 4) is 0 Å². The first kappa shape index (κ1) is 14.8. The minimum atomic E-state index is -0.971. The highest BCUT2D eigenvalue weighted by atomic mass is 16.2. The predicted molar refractivity (Wildman–Crippen MR) is 82.9 cm³/mol. The van der Waals surface area contributed by atoms with Gasteiger partial charge in [0.25, 0.3) is 11.8 Å². The zero-order valence-electron chi connectivity index (χ0n) is 12.8. The monoisotopic (exact) mass is 328 g/mol. The van der Waals surface area contributed by atoms with Gasteiger partial charge in [-0.05, 0) is 36.6 Å². The summed E-state index contributed by atoms with van der Waals surface area (Å²) in [5.74, 6) is -2.08. The highest BCUT2D eigenvalue weighted by molar-refractivity contribution is 6.26. The highest BCUT2D eigenvalue weighted by Gasteiger charge is 2.47. The summed E-state index contributed by atoms with van der Waals surface area (Å²) in [5.41, 5.74) is 8.49. The molecule has 8 heteroatoms. The minimum absolute atomic E-state index is 0.0962. The van der Waals surface area contributed by atoms with E-state index in [2.05, 4.69) is 10.6 Å². The number of nitrogens with two attached hydrogens (primary N) is 1. The lowest BCUT2D eigenvalue weighted by molar-refractivity contribution is -0.136. The Morgan fingerprint density at radius 1 is 1.08 bits per heavy atom. The summed E-state index contributed by atoms with van der Waals surface area (Å²) >= 11 is 0. The van der Waals surface area contributed by atoms with Gasteiger partial charge in [-0.15, -0.1) is 0 Å². The molecule has 0 spiro atoms. The Kier molecular flexibility index (Phi) is 3.17. The number of nitrogens with zero attached hydrogens (tertiary/aromatic N) is 1. The molecule has 0 aromatic heterocycles. The van der Waals surface area contributed by atoms with Crippen LogP contribution in [0, 0.1) is 0 Å². The molecule has 1 unspecified atom stereocenters. The number of anilines is 1. The number of nitrogens with one attached hydrogen (secondary N) is 2. The van der Waals surface area contributed by atoms with Crippen molar-refractivity contribution in [3.63, 3.8) is 0 Å². The van der Waals surface area contributed by atoms with Gasteiger partial charge in [-0.3, -0.25) is 29.4 Å². The third kappa shape index (κ3) is 1.96. The first-order valence-electron chi connectivity index (χ1n) is 7.85. The number of piperidine rings is 1. The van der Waals surface area contributed by atoms with Crippen LogP contribution in [0.25, 0.3) is 0 Å². The average Bonchev–Trinajstić information content (AvgIpc) is 2.80. The fraction of sp³-hybridized carbons (Fsp3) is 0.375. The van der Waals surface area contributed by atoms with Crippen molar-refractivity contribution in [2.75, 3.05) is 12.3 Å². The van der Waals surface area contributed by atoms with Crippen molar-refractivity contribution in [3.05, 3.63) is 28.3 Å². The molecule has 24 heavy (non-hydrogen) atoms. The topological polar surface area (TPSA) is 122 Å². The van der Waals surface area contributed by atoms with Gasteiger partial charge in [0.05, 0.1) is 11.1 Å². The second-order valence-electron chi connectivity index (χ2n) is 6.23. The van der Waals surface area contributed by atoms with Crippen molar-refractivity contribution >= 4 is 29.3 Å². The van der Waals surface area contributed by atoms with Crippen LogP contribution in [-0.2, 0) is 22.6 Å². The third-order valence-corrected chi connectivity index (χ3v) is 4.82. The summed E-state index contributed by atoms with van der Waals surface area (Å²) in [7, 11) is 0. The Morgan fingerprint density at radius 3 is 2.58 bits per heavy atom. The van der Waals surface area contributed by atoms with Crippen LogP contribution >= 0.6 is 0 Å². The molecule has 4 rings (SSSR count). The van der Waals surface area contributed by atoms with Gasteiger partial charge in [-0.25, -0.2) is 0 Å². The van der Waals surface area contributed by atoms with E-state index in [1.165, 1.54) is 0 Å². The average molecular weight is 328 g/mol. The second kappa shape index (κ2) is 5.13. The summed E-state index contributed by atoms with van der Waals surface area (Å²) < 4.78 is 0. The first-order chi connectivity index (χ1) is 11.5. The molecule has 4 amide bonds. The van der Waals surface area contributed by atoms with Crippen LogP contribution in [0.15, 0.2) is 6.07 Å². The number of amides is 4. The molecule has 8 nitrogen and oxygen atoms in total. The first-order valence-corrected chi connectivity index (χ1v) is 7.85. The number of rotatable bonds is 1. The molecule has 3 aliphatic rings. The highest BCUT2D eigenvalue weighted by Crippen LogP contribution is 2.36. The number of carbonyl (C=O) groups is 4. The number of hydrogen-bond acceptors (Lipinski definition) is 6. The lowest BCUT2D eigenvalue weighted by Gasteiger charge is -2.28. The molecule has 1 fully saturated rings. The van der Waals surface area contributed by atoms with Gasteiger partial charge in [0.1, 0.15) is 6.04 Å². The molecule has 3 aliphatic heterocycles. The lowest BCUT2D eigenvalue weighted by atomic mass is 9.92. The molecule has 1 atom stereocenters. The summed E-state index contributed by atoms with van der Waals surface area (Å²) in [6, 6.07) is 0.774. The zero-order chi connectivity index (χ0) is 17.0. The van der Waals surface area contributed by atoms with Crippen LogP contribution in [0.2, 0.25) is 0 Å². The zero-order valence-corrected chi connectivity index (χ0v) is 12.8. The molecule has 1 aromatic carbocycles. The van der Waals surface area contributed by atoms with E-state index in [1.54, 1.807) is 6.07 Å². The Hall–Kier alpha value is -2.74. The maximum atomic E-state index is 12.9. The van der Waals surface area contributed by atoms with Gasteiger partial charge in [0, 0.05) is 18.7 Å². The van der Waals surface area contributed by atoms with Gasteiger partial charge in [-0.1, -0.05) is 0 Å².